The summed E-state index contributed by atoms with van der Waals surface area (Å²) in [5.41, 5.74) is 1.09. The summed E-state index contributed by atoms with van der Waals surface area (Å²) < 4.78 is 58.7. The lowest BCUT2D eigenvalue weighted by Gasteiger charge is -2.29. The van der Waals surface area contributed by atoms with Gasteiger partial charge in [0.2, 0.25) is 15.9 Å². The summed E-state index contributed by atoms with van der Waals surface area (Å²) in [4.78, 5) is 43.2. The van der Waals surface area contributed by atoms with E-state index in [1.54, 1.807) is 31.2 Å². The minimum absolute atomic E-state index is 0.000435. The molecule has 1 aliphatic heterocycles. The lowest BCUT2D eigenvalue weighted by Crippen LogP contribution is -2.51. The number of carbonyl (C=O) groups is 3. The van der Waals surface area contributed by atoms with Crippen molar-refractivity contribution in [1.82, 2.24) is 19.9 Å². The Morgan fingerprint density at radius 3 is 2.24 bits per heavy atom. The molecule has 2 aliphatic rings. The van der Waals surface area contributed by atoms with E-state index in [9.17, 15) is 31.2 Å². The first kappa shape index (κ1) is 37.7. The van der Waals surface area contributed by atoms with Gasteiger partial charge in [-0.1, -0.05) is 47.8 Å². The van der Waals surface area contributed by atoms with Crippen LogP contribution < -0.4 is 16.0 Å². The van der Waals surface area contributed by atoms with Crippen molar-refractivity contribution in [3.05, 3.63) is 82.1 Å². The van der Waals surface area contributed by atoms with E-state index in [4.69, 9.17) is 27.9 Å². The van der Waals surface area contributed by atoms with E-state index in [0.29, 0.717) is 11.3 Å². The molecule has 5 rings (SSSR count). The summed E-state index contributed by atoms with van der Waals surface area (Å²) in [6.45, 7) is 1.65. The predicted molar refractivity (Wildman–Crippen MR) is 187 cm³/mol. The van der Waals surface area contributed by atoms with Gasteiger partial charge in [0, 0.05) is 49.4 Å². The number of esters is 1. The minimum atomic E-state index is -4.34. The minimum Gasteiger partial charge on any atom is -0.464 e. The van der Waals surface area contributed by atoms with Crippen LogP contribution in [0.1, 0.15) is 48.5 Å². The van der Waals surface area contributed by atoms with E-state index in [2.05, 4.69) is 20.9 Å². The number of rotatable bonds is 13. The van der Waals surface area contributed by atoms with E-state index < -0.39 is 49.7 Å². The van der Waals surface area contributed by atoms with E-state index in [1.807, 2.05) is 0 Å². The second-order valence-electron chi connectivity index (χ2n) is 12.2. The first-order chi connectivity index (χ1) is 23.7. The van der Waals surface area contributed by atoms with Gasteiger partial charge in [0.15, 0.2) is 9.84 Å². The average molecular weight is 767 g/mol. The molecule has 0 bridgehead atoms. The van der Waals surface area contributed by atoms with Crippen molar-refractivity contribution < 1.29 is 36.0 Å². The van der Waals surface area contributed by atoms with Gasteiger partial charge in [0.05, 0.1) is 32.0 Å². The van der Waals surface area contributed by atoms with Gasteiger partial charge in [0.1, 0.15) is 12.1 Å². The number of halogens is 2. The predicted octanol–water partition coefficient (Wildman–Crippen LogP) is 3.61. The number of sulfonamides is 1. The smallest absolute Gasteiger partial charge is 0.328 e. The van der Waals surface area contributed by atoms with E-state index in [-0.39, 0.29) is 63.5 Å². The Hall–Kier alpha value is -3.60. The highest BCUT2D eigenvalue weighted by Gasteiger charge is 2.45. The Morgan fingerprint density at radius 2 is 1.64 bits per heavy atom. The van der Waals surface area contributed by atoms with Crippen LogP contribution in [0, 0.1) is 0 Å². The molecule has 3 atom stereocenters. The van der Waals surface area contributed by atoms with Crippen molar-refractivity contribution in [3.63, 3.8) is 0 Å². The van der Waals surface area contributed by atoms with Gasteiger partial charge < -0.3 is 20.7 Å². The molecule has 1 aliphatic carbocycles. The molecule has 2 aromatic carbocycles. The van der Waals surface area contributed by atoms with Gasteiger partial charge in [-0.05, 0) is 62.1 Å². The number of hydrogen-bond acceptors (Lipinski definition) is 10. The highest BCUT2D eigenvalue weighted by Crippen LogP contribution is 2.30. The molecule has 3 N–H and O–H groups in total. The van der Waals surface area contributed by atoms with Crippen molar-refractivity contribution in [2.75, 3.05) is 24.7 Å². The summed E-state index contributed by atoms with van der Waals surface area (Å²) in [6, 6.07) is 9.04. The molecule has 2 fully saturated rings. The van der Waals surface area contributed by atoms with Crippen LogP contribution in [0.15, 0.2) is 70.7 Å². The Labute approximate surface area is 301 Å². The van der Waals surface area contributed by atoms with Crippen molar-refractivity contribution in [2.24, 2.45) is 0 Å². The monoisotopic (exact) mass is 765 g/mol. The van der Waals surface area contributed by atoms with Gasteiger partial charge in [-0.25, -0.2) is 21.6 Å². The van der Waals surface area contributed by atoms with Crippen LogP contribution in [0.5, 0.6) is 0 Å². The second-order valence-corrected chi connectivity index (χ2v) is 16.9. The van der Waals surface area contributed by atoms with Crippen LogP contribution in [0.2, 0.25) is 10.0 Å². The van der Waals surface area contributed by atoms with Crippen molar-refractivity contribution in [2.45, 2.75) is 73.0 Å². The molecule has 50 heavy (non-hydrogen) atoms. The van der Waals surface area contributed by atoms with E-state index in [1.165, 1.54) is 30.6 Å². The molecule has 17 heteroatoms. The Kier molecular flexibility index (Phi) is 11.9. The van der Waals surface area contributed by atoms with Crippen LogP contribution >= 0.6 is 23.2 Å². The molecule has 1 aromatic heterocycles. The third-order valence-corrected chi connectivity index (χ3v) is 12.1. The maximum Gasteiger partial charge on any atom is 0.328 e. The Balaban J connectivity index is 1.35. The average Bonchev–Trinajstić information content (AvgIpc) is 3.48. The fourth-order valence-electron chi connectivity index (χ4n) is 5.82. The van der Waals surface area contributed by atoms with Gasteiger partial charge >= 0.3 is 5.97 Å². The molecular weight excluding hydrogens is 729 g/mol. The fraction of sp³-hybridized carbons (Fsp3) is 0.394. The Morgan fingerprint density at radius 1 is 0.980 bits per heavy atom. The van der Waals surface area contributed by atoms with Crippen LogP contribution in [0.4, 0.5) is 5.69 Å². The standard InChI is InChI=1S/C33H37Cl2N5O8S2/c1-3-48-33(43)28(14-20-10-12-22(13-11-20)38-32(42)30-26(34)17-36-18-27(30)35)39-31(41)29-15-23(37-21-6-4-7-21)19-40(29)50(46,47)25-9-5-8-24(16-25)49(2,44)45/h5,8-13,16-18,21,23,28-29,37H,3-4,6-7,14-15,19H2,1-2H3,(H,38,42)(H,39,41)/t23-,28-,29-/m0/s1. The lowest BCUT2D eigenvalue weighted by molar-refractivity contribution is -0.147. The number of anilines is 1. The third-order valence-electron chi connectivity index (χ3n) is 8.59. The third kappa shape index (κ3) is 8.82. The number of nitrogens with one attached hydrogen (secondary N) is 3. The SMILES string of the molecule is CCOC(=O)[C@H](Cc1ccc(NC(=O)c2c(Cl)cncc2Cl)cc1)NC(=O)[C@@H]1C[C@H](NC2CCC2)CN1S(=O)(=O)c1cccc(S(C)(=O)=O)c1. The number of aromatic nitrogens is 1. The first-order valence-corrected chi connectivity index (χ1v) is 20.0. The number of amides is 2. The van der Waals surface area contributed by atoms with Crippen molar-refractivity contribution >= 4 is 66.5 Å². The van der Waals surface area contributed by atoms with Gasteiger partial charge in [0.25, 0.3) is 5.91 Å². The van der Waals surface area contributed by atoms with Crippen LogP contribution in [-0.2, 0) is 40.6 Å². The molecule has 0 spiro atoms. The maximum atomic E-state index is 14.0. The summed E-state index contributed by atoms with van der Waals surface area (Å²) >= 11 is 12.2. The van der Waals surface area contributed by atoms with E-state index >= 15 is 0 Å². The quantitative estimate of drug-likeness (QED) is 0.218. The van der Waals surface area contributed by atoms with Crippen LogP contribution in [-0.4, -0.2) is 87.5 Å². The first-order valence-electron chi connectivity index (χ1n) is 15.9. The molecule has 2 heterocycles. The largest absolute Gasteiger partial charge is 0.464 e. The van der Waals surface area contributed by atoms with Gasteiger partial charge in [-0.15, -0.1) is 0 Å². The Bertz CT molecular complexity index is 1960. The summed E-state index contributed by atoms with van der Waals surface area (Å²) in [7, 11) is -8.05. The summed E-state index contributed by atoms with van der Waals surface area (Å²) in [5.74, 6) is -1.95. The van der Waals surface area contributed by atoms with Crippen molar-refractivity contribution in [1.29, 1.82) is 0 Å². The van der Waals surface area contributed by atoms with Crippen LogP contribution in [0.3, 0.4) is 0 Å². The number of pyridine rings is 1. The normalized spacial score (nSPS) is 19.0. The number of carbonyl (C=O) groups excluding carboxylic acids is 3. The topological polar surface area (TPSA) is 181 Å². The number of benzene rings is 2. The van der Waals surface area contributed by atoms with Crippen molar-refractivity contribution in [3.8, 4) is 0 Å². The number of hydrogen-bond donors (Lipinski definition) is 3. The maximum absolute atomic E-state index is 14.0. The van der Waals surface area contributed by atoms with Crippen LogP contribution in [0.25, 0.3) is 0 Å². The highest BCUT2D eigenvalue weighted by molar-refractivity contribution is 7.91. The molecule has 0 unspecified atom stereocenters. The zero-order valence-corrected chi connectivity index (χ0v) is 30.4. The lowest BCUT2D eigenvalue weighted by atomic mass is 9.92. The van der Waals surface area contributed by atoms with Gasteiger partial charge in [-0.3, -0.25) is 14.6 Å². The fourth-order valence-corrected chi connectivity index (χ4v) is 8.79. The zero-order chi connectivity index (χ0) is 36.2. The van der Waals surface area contributed by atoms with Gasteiger partial charge in [-0.2, -0.15) is 4.31 Å². The zero-order valence-electron chi connectivity index (χ0n) is 27.3. The summed E-state index contributed by atoms with van der Waals surface area (Å²) in [6.07, 6.45) is 6.66. The number of ether oxygens (including phenoxy) is 1. The molecule has 3 aromatic rings. The molecule has 13 nitrogen and oxygen atoms in total. The molecule has 1 saturated carbocycles. The number of nitrogens with zero attached hydrogens (tertiary/aromatic N) is 2. The van der Waals surface area contributed by atoms with E-state index in [0.717, 1.165) is 35.9 Å². The number of sulfone groups is 1. The highest BCUT2D eigenvalue weighted by atomic mass is 35.5. The molecular formula is C33H37Cl2N5O8S2. The second kappa shape index (κ2) is 15.7. The molecule has 0 radical (unpaired) electrons. The molecule has 2 amide bonds. The molecule has 1 saturated heterocycles. The summed E-state index contributed by atoms with van der Waals surface area (Å²) in [5, 5.41) is 9.03. The molecule has 268 valence electrons.